The van der Waals surface area contributed by atoms with E-state index in [-0.39, 0.29) is 17.8 Å². The van der Waals surface area contributed by atoms with Crippen LogP contribution in [0.25, 0.3) is 11.1 Å². The molecule has 31 heavy (non-hydrogen) atoms. The number of carbonyl (C=O) groups excluding carboxylic acids is 1. The molecule has 1 fully saturated rings. The first-order chi connectivity index (χ1) is 15.0. The van der Waals surface area contributed by atoms with Crippen molar-refractivity contribution >= 4 is 5.91 Å². The average Bonchev–Trinajstić information content (AvgIpc) is 2.94. The molecular formula is C24H26FN3O3. The number of methoxy groups -OCH3 is 1. The van der Waals surface area contributed by atoms with Gasteiger partial charge >= 0.3 is 0 Å². The number of hydrogen-bond donors (Lipinski definition) is 0. The van der Waals surface area contributed by atoms with Gasteiger partial charge in [0.25, 0.3) is 5.91 Å². The standard InChI is InChI=1S/C24H26FN3O3/c1-27-13-19-9-16(5-6-22(19)24(27)29)17-3-4-18(23(25)11-17)10-20(12-26)28-7-8-31-15-21(14-28)30-2/h3-6,9,11,20-21H,7-8,10,13-15H2,1-2H3/t20-,21+/m0/s1. The van der Waals surface area contributed by atoms with E-state index in [0.717, 1.165) is 16.7 Å². The Morgan fingerprint density at radius 1 is 1.29 bits per heavy atom. The van der Waals surface area contributed by atoms with Crippen LogP contribution in [0.15, 0.2) is 36.4 Å². The van der Waals surface area contributed by atoms with Gasteiger partial charge in [-0.05, 0) is 40.5 Å². The van der Waals surface area contributed by atoms with E-state index in [4.69, 9.17) is 9.47 Å². The summed E-state index contributed by atoms with van der Waals surface area (Å²) < 4.78 is 25.9. The van der Waals surface area contributed by atoms with Crippen molar-refractivity contribution in [1.82, 2.24) is 9.80 Å². The summed E-state index contributed by atoms with van der Waals surface area (Å²) in [6.45, 7) is 2.77. The molecule has 0 N–H and O–H groups in total. The fourth-order valence-electron chi connectivity index (χ4n) is 4.23. The van der Waals surface area contributed by atoms with Crippen molar-refractivity contribution in [2.75, 3.05) is 40.5 Å². The topological polar surface area (TPSA) is 65.8 Å². The summed E-state index contributed by atoms with van der Waals surface area (Å²) in [6, 6.07) is 12.6. The summed E-state index contributed by atoms with van der Waals surface area (Å²) in [5, 5.41) is 9.72. The van der Waals surface area contributed by atoms with E-state index >= 15 is 0 Å². The Morgan fingerprint density at radius 2 is 2.06 bits per heavy atom. The Morgan fingerprint density at radius 3 is 2.81 bits per heavy atom. The SMILES string of the molecule is CO[C@H]1COCCN([C@H](C#N)Cc2ccc(-c3ccc4c(c3)CN(C)C4=O)cc2F)C1. The third-order valence-corrected chi connectivity index (χ3v) is 6.08. The third-order valence-electron chi connectivity index (χ3n) is 6.08. The minimum Gasteiger partial charge on any atom is -0.378 e. The van der Waals surface area contributed by atoms with E-state index in [1.165, 1.54) is 6.07 Å². The van der Waals surface area contributed by atoms with Crippen LogP contribution in [0.3, 0.4) is 0 Å². The molecule has 7 heteroatoms. The molecule has 6 nitrogen and oxygen atoms in total. The fraction of sp³-hybridized carbons (Fsp3) is 0.417. The highest BCUT2D eigenvalue weighted by Gasteiger charge is 2.26. The Bertz CT molecular complexity index is 1020. The minimum absolute atomic E-state index is 0.0141. The zero-order valence-electron chi connectivity index (χ0n) is 17.8. The molecule has 4 rings (SSSR count). The van der Waals surface area contributed by atoms with Gasteiger partial charge in [-0.1, -0.05) is 18.2 Å². The molecule has 2 aromatic rings. The smallest absolute Gasteiger partial charge is 0.254 e. The number of ether oxygens (including phenoxy) is 2. The lowest BCUT2D eigenvalue weighted by Gasteiger charge is -2.27. The van der Waals surface area contributed by atoms with Crippen LogP contribution in [0.4, 0.5) is 4.39 Å². The van der Waals surface area contributed by atoms with Crippen molar-refractivity contribution in [1.29, 1.82) is 5.26 Å². The van der Waals surface area contributed by atoms with Gasteiger partial charge in [0.1, 0.15) is 11.9 Å². The Kier molecular flexibility index (Phi) is 6.33. The van der Waals surface area contributed by atoms with Crippen LogP contribution in [-0.4, -0.2) is 68.3 Å². The lowest BCUT2D eigenvalue weighted by molar-refractivity contribution is 0.0216. The van der Waals surface area contributed by atoms with E-state index in [0.29, 0.717) is 50.4 Å². The zero-order chi connectivity index (χ0) is 22.0. The van der Waals surface area contributed by atoms with Crippen molar-refractivity contribution in [3.05, 3.63) is 58.9 Å². The maximum atomic E-state index is 15.0. The van der Waals surface area contributed by atoms with E-state index in [1.54, 1.807) is 25.1 Å². The van der Waals surface area contributed by atoms with Crippen molar-refractivity contribution in [3.63, 3.8) is 0 Å². The van der Waals surface area contributed by atoms with Crippen LogP contribution >= 0.6 is 0 Å². The lowest BCUT2D eigenvalue weighted by atomic mass is 9.97. The van der Waals surface area contributed by atoms with Crippen molar-refractivity contribution in [2.45, 2.75) is 25.1 Å². The van der Waals surface area contributed by atoms with Crippen LogP contribution in [0.2, 0.25) is 0 Å². The second-order valence-electron chi connectivity index (χ2n) is 8.12. The van der Waals surface area contributed by atoms with Crippen LogP contribution in [0.5, 0.6) is 0 Å². The molecule has 2 heterocycles. The Balaban J connectivity index is 1.52. The number of benzene rings is 2. The van der Waals surface area contributed by atoms with Gasteiger partial charge < -0.3 is 14.4 Å². The number of nitrogens with zero attached hydrogens (tertiary/aromatic N) is 3. The maximum absolute atomic E-state index is 15.0. The summed E-state index contributed by atoms with van der Waals surface area (Å²) >= 11 is 0. The van der Waals surface area contributed by atoms with E-state index in [2.05, 4.69) is 6.07 Å². The molecule has 2 aliphatic rings. The molecule has 162 valence electrons. The molecule has 2 aliphatic heterocycles. The molecule has 0 bridgehead atoms. The van der Waals surface area contributed by atoms with Crippen molar-refractivity contribution < 1.29 is 18.7 Å². The number of rotatable bonds is 5. The van der Waals surface area contributed by atoms with Crippen LogP contribution in [0.1, 0.15) is 21.5 Å². The number of hydrogen-bond acceptors (Lipinski definition) is 5. The number of nitriles is 1. The molecule has 0 unspecified atom stereocenters. The van der Waals surface area contributed by atoms with Crippen LogP contribution < -0.4 is 0 Å². The highest BCUT2D eigenvalue weighted by Crippen LogP contribution is 2.29. The number of carbonyl (C=O) groups is 1. The summed E-state index contributed by atoms with van der Waals surface area (Å²) in [5.41, 5.74) is 3.79. The maximum Gasteiger partial charge on any atom is 0.254 e. The van der Waals surface area contributed by atoms with Gasteiger partial charge in [0.05, 0.1) is 25.4 Å². The lowest BCUT2D eigenvalue weighted by Crippen LogP contribution is -2.41. The van der Waals surface area contributed by atoms with Crippen LogP contribution in [-0.2, 0) is 22.4 Å². The van der Waals surface area contributed by atoms with Crippen LogP contribution in [0, 0.1) is 17.1 Å². The molecule has 0 aromatic heterocycles. The average molecular weight is 423 g/mol. The van der Waals surface area contributed by atoms with Gasteiger partial charge in [-0.15, -0.1) is 0 Å². The monoisotopic (exact) mass is 423 g/mol. The fourth-order valence-corrected chi connectivity index (χ4v) is 4.23. The summed E-state index contributed by atoms with van der Waals surface area (Å²) in [5.74, 6) is -0.318. The second-order valence-corrected chi connectivity index (χ2v) is 8.12. The number of fused-ring (bicyclic) bond motifs is 1. The third kappa shape index (κ3) is 4.47. The van der Waals surface area contributed by atoms with Crippen molar-refractivity contribution in [3.8, 4) is 17.2 Å². The molecule has 2 aromatic carbocycles. The number of halogens is 1. The molecule has 0 aliphatic carbocycles. The predicted molar refractivity (Wildman–Crippen MR) is 114 cm³/mol. The zero-order valence-corrected chi connectivity index (χ0v) is 17.8. The van der Waals surface area contributed by atoms with Gasteiger partial charge in [-0.2, -0.15) is 5.26 Å². The molecule has 1 saturated heterocycles. The number of amides is 1. The quantitative estimate of drug-likeness (QED) is 0.740. The molecular weight excluding hydrogens is 397 g/mol. The normalized spacial score (nSPS) is 20.3. The largest absolute Gasteiger partial charge is 0.378 e. The molecule has 2 atom stereocenters. The van der Waals surface area contributed by atoms with Gasteiger partial charge in [-0.3, -0.25) is 9.69 Å². The van der Waals surface area contributed by atoms with Gasteiger partial charge in [-0.25, -0.2) is 4.39 Å². The van der Waals surface area contributed by atoms with E-state index in [9.17, 15) is 14.4 Å². The van der Waals surface area contributed by atoms with Gasteiger partial charge in [0.2, 0.25) is 0 Å². The minimum atomic E-state index is -0.457. The molecule has 0 radical (unpaired) electrons. The van der Waals surface area contributed by atoms with Gasteiger partial charge in [0.15, 0.2) is 0 Å². The first kappa shape index (κ1) is 21.4. The van der Waals surface area contributed by atoms with E-state index < -0.39 is 6.04 Å². The van der Waals surface area contributed by atoms with Gasteiger partial charge in [0, 0.05) is 45.8 Å². The highest BCUT2D eigenvalue weighted by molar-refractivity contribution is 5.98. The Labute approximate surface area is 181 Å². The Hall–Kier alpha value is -2.79. The molecule has 0 saturated carbocycles. The first-order valence-electron chi connectivity index (χ1n) is 10.4. The summed E-state index contributed by atoms with van der Waals surface area (Å²) in [4.78, 5) is 15.8. The molecule has 1 amide bonds. The highest BCUT2D eigenvalue weighted by atomic mass is 19.1. The second kappa shape index (κ2) is 9.15. The van der Waals surface area contributed by atoms with E-state index in [1.807, 2.05) is 29.2 Å². The van der Waals surface area contributed by atoms with Crippen molar-refractivity contribution in [2.24, 2.45) is 0 Å². The summed E-state index contributed by atoms with van der Waals surface area (Å²) in [6.07, 6.45) is 0.194. The summed E-state index contributed by atoms with van der Waals surface area (Å²) in [7, 11) is 3.40. The first-order valence-corrected chi connectivity index (χ1v) is 10.4. The molecule has 0 spiro atoms. The predicted octanol–water partition coefficient (Wildman–Crippen LogP) is 2.86.